The lowest BCUT2D eigenvalue weighted by Crippen LogP contribution is -2.40. The molecule has 6 heteroatoms. The van der Waals surface area contributed by atoms with Crippen LogP contribution in [-0.2, 0) is 18.4 Å². The van der Waals surface area contributed by atoms with E-state index >= 15 is 0 Å². The van der Waals surface area contributed by atoms with Crippen LogP contribution in [0.4, 0.5) is 0 Å². The van der Waals surface area contributed by atoms with Crippen molar-refractivity contribution in [3.8, 4) is 0 Å². The first kappa shape index (κ1) is 18.0. The minimum atomic E-state index is 0.334. The lowest BCUT2D eigenvalue weighted by Gasteiger charge is -2.33. The molecule has 3 aliphatic rings. The van der Waals surface area contributed by atoms with Crippen LogP contribution in [0.1, 0.15) is 75.4 Å². The quantitative estimate of drug-likeness (QED) is 0.811. The van der Waals surface area contributed by atoms with Crippen LogP contribution < -0.4 is 0 Å². The molecule has 4 rings (SSSR count). The van der Waals surface area contributed by atoms with Crippen LogP contribution in [0.15, 0.2) is 0 Å². The Hall–Kier alpha value is -1.43. The van der Waals surface area contributed by atoms with Crippen LogP contribution in [0, 0.1) is 5.92 Å². The highest BCUT2D eigenvalue weighted by Gasteiger charge is 2.30. The minimum absolute atomic E-state index is 0.334. The van der Waals surface area contributed by atoms with E-state index in [1.165, 1.54) is 51.6 Å². The molecule has 144 valence electrons. The summed E-state index contributed by atoms with van der Waals surface area (Å²) in [5.41, 5.74) is 0. The maximum absolute atomic E-state index is 12.7. The molecule has 0 aromatic carbocycles. The number of carbonyl (C=O) groups excluding carboxylic acids is 1. The SMILES string of the molecule is Cn1c(CN2CCCC2)nnc1[C@H]1CCCN(C(=O)CC2CCCC2)C1. The molecule has 1 saturated carbocycles. The monoisotopic (exact) mass is 359 g/mol. The van der Waals surface area contributed by atoms with Crippen LogP contribution >= 0.6 is 0 Å². The molecule has 2 saturated heterocycles. The number of rotatable bonds is 5. The summed E-state index contributed by atoms with van der Waals surface area (Å²) in [6.45, 7) is 4.99. The van der Waals surface area contributed by atoms with Crippen molar-refractivity contribution in [1.29, 1.82) is 0 Å². The van der Waals surface area contributed by atoms with Gasteiger partial charge in [-0.05, 0) is 57.5 Å². The van der Waals surface area contributed by atoms with Gasteiger partial charge in [0, 0.05) is 32.5 Å². The van der Waals surface area contributed by atoms with Gasteiger partial charge in [0.15, 0.2) is 0 Å². The van der Waals surface area contributed by atoms with Crippen LogP contribution in [0.5, 0.6) is 0 Å². The lowest BCUT2D eigenvalue weighted by molar-refractivity contribution is -0.133. The first-order valence-corrected chi connectivity index (χ1v) is 10.6. The summed E-state index contributed by atoms with van der Waals surface area (Å²) in [5, 5.41) is 9.00. The number of hydrogen-bond donors (Lipinski definition) is 0. The van der Waals surface area contributed by atoms with Gasteiger partial charge in [-0.1, -0.05) is 12.8 Å². The summed E-state index contributed by atoms with van der Waals surface area (Å²) < 4.78 is 2.19. The van der Waals surface area contributed by atoms with Crippen LogP contribution in [0.2, 0.25) is 0 Å². The summed E-state index contributed by atoms with van der Waals surface area (Å²) in [6, 6.07) is 0. The second-order valence-electron chi connectivity index (χ2n) is 8.55. The Labute approximate surface area is 156 Å². The molecule has 0 spiro atoms. The van der Waals surface area contributed by atoms with Gasteiger partial charge in [-0.3, -0.25) is 9.69 Å². The van der Waals surface area contributed by atoms with E-state index in [1.54, 1.807) is 0 Å². The Bertz CT molecular complexity index is 616. The van der Waals surface area contributed by atoms with Crippen molar-refractivity contribution in [1.82, 2.24) is 24.6 Å². The molecule has 3 fully saturated rings. The summed E-state index contributed by atoms with van der Waals surface area (Å²) >= 11 is 0. The highest BCUT2D eigenvalue weighted by molar-refractivity contribution is 5.76. The molecule has 1 aliphatic carbocycles. The number of nitrogens with zero attached hydrogens (tertiary/aromatic N) is 5. The standard InChI is InChI=1S/C20H33N5O/c1-23-18(15-24-10-4-5-11-24)21-22-20(23)17-9-6-12-25(14-17)19(26)13-16-7-2-3-8-16/h16-17H,2-15H2,1H3/t17-/m0/s1. The van der Waals surface area contributed by atoms with Crippen LogP contribution in [-0.4, -0.2) is 56.7 Å². The zero-order valence-electron chi connectivity index (χ0n) is 16.2. The van der Waals surface area contributed by atoms with Crippen molar-refractivity contribution in [3.63, 3.8) is 0 Å². The Morgan fingerprint density at radius 1 is 1.00 bits per heavy atom. The molecule has 0 unspecified atom stereocenters. The predicted molar refractivity (Wildman–Crippen MR) is 101 cm³/mol. The molecular formula is C20H33N5O. The summed E-state index contributed by atoms with van der Waals surface area (Å²) in [5.74, 6) is 3.46. The maximum atomic E-state index is 12.7. The third-order valence-electron chi connectivity index (χ3n) is 6.64. The van der Waals surface area contributed by atoms with E-state index in [4.69, 9.17) is 0 Å². The van der Waals surface area contributed by atoms with E-state index < -0.39 is 0 Å². The molecule has 26 heavy (non-hydrogen) atoms. The van der Waals surface area contributed by atoms with Crippen molar-refractivity contribution in [2.24, 2.45) is 13.0 Å². The first-order chi connectivity index (χ1) is 12.7. The largest absolute Gasteiger partial charge is 0.342 e. The minimum Gasteiger partial charge on any atom is -0.342 e. The van der Waals surface area contributed by atoms with Crippen molar-refractivity contribution >= 4 is 5.91 Å². The van der Waals surface area contributed by atoms with E-state index in [0.29, 0.717) is 17.7 Å². The number of amides is 1. The summed E-state index contributed by atoms with van der Waals surface area (Å²) in [6.07, 6.45) is 10.6. The van der Waals surface area contributed by atoms with Crippen molar-refractivity contribution in [3.05, 3.63) is 11.6 Å². The van der Waals surface area contributed by atoms with Crippen LogP contribution in [0.25, 0.3) is 0 Å². The average molecular weight is 360 g/mol. The van der Waals surface area contributed by atoms with Crippen molar-refractivity contribution in [2.75, 3.05) is 26.2 Å². The summed E-state index contributed by atoms with van der Waals surface area (Å²) in [4.78, 5) is 17.3. The smallest absolute Gasteiger partial charge is 0.222 e. The van der Waals surface area contributed by atoms with E-state index in [0.717, 1.165) is 50.5 Å². The van der Waals surface area contributed by atoms with Gasteiger partial charge in [0.2, 0.25) is 5.91 Å². The number of piperidine rings is 1. The van der Waals surface area contributed by atoms with Crippen molar-refractivity contribution in [2.45, 2.75) is 70.3 Å². The molecule has 6 nitrogen and oxygen atoms in total. The van der Waals surface area contributed by atoms with E-state index in [1.807, 2.05) is 0 Å². The second kappa shape index (κ2) is 8.07. The Morgan fingerprint density at radius 3 is 2.54 bits per heavy atom. The van der Waals surface area contributed by atoms with Gasteiger partial charge >= 0.3 is 0 Å². The fraction of sp³-hybridized carbons (Fsp3) is 0.850. The molecule has 2 aliphatic heterocycles. The van der Waals surface area contributed by atoms with E-state index in [2.05, 4.69) is 31.6 Å². The fourth-order valence-electron chi connectivity index (χ4n) is 5.01. The number of likely N-dealkylation sites (tertiary alicyclic amines) is 2. The third kappa shape index (κ3) is 3.95. The Morgan fingerprint density at radius 2 is 1.77 bits per heavy atom. The lowest BCUT2D eigenvalue weighted by atomic mass is 9.95. The number of hydrogen-bond acceptors (Lipinski definition) is 4. The number of aromatic nitrogens is 3. The molecular weight excluding hydrogens is 326 g/mol. The second-order valence-corrected chi connectivity index (χ2v) is 8.55. The highest BCUT2D eigenvalue weighted by atomic mass is 16.2. The third-order valence-corrected chi connectivity index (χ3v) is 6.64. The predicted octanol–water partition coefficient (Wildman–Crippen LogP) is 2.70. The van der Waals surface area contributed by atoms with E-state index in [-0.39, 0.29) is 0 Å². The normalized spacial score (nSPS) is 25.3. The van der Waals surface area contributed by atoms with Gasteiger partial charge < -0.3 is 9.47 Å². The topological polar surface area (TPSA) is 54.3 Å². The molecule has 0 radical (unpaired) electrons. The van der Waals surface area contributed by atoms with Gasteiger partial charge in [-0.2, -0.15) is 0 Å². The Balaban J connectivity index is 1.37. The van der Waals surface area contributed by atoms with Gasteiger partial charge in [-0.25, -0.2) is 0 Å². The summed E-state index contributed by atoms with van der Waals surface area (Å²) in [7, 11) is 2.10. The molecule has 1 atom stereocenters. The maximum Gasteiger partial charge on any atom is 0.222 e. The van der Waals surface area contributed by atoms with E-state index in [9.17, 15) is 4.79 Å². The fourth-order valence-corrected chi connectivity index (χ4v) is 5.01. The van der Waals surface area contributed by atoms with Gasteiger partial charge in [0.05, 0.1) is 6.54 Å². The number of carbonyl (C=O) groups is 1. The van der Waals surface area contributed by atoms with Gasteiger partial charge in [0.25, 0.3) is 0 Å². The zero-order chi connectivity index (χ0) is 17.9. The molecule has 0 N–H and O–H groups in total. The average Bonchev–Trinajstić information content (AvgIpc) is 3.40. The molecule has 1 aromatic rings. The first-order valence-electron chi connectivity index (χ1n) is 10.6. The molecule has 1 amide bonds. The molecule has 3 heterocycles. The Kier molecular flexibility index (Phi) is 5.57. The van der Waals surface area contributed by atoms with Gasteiger partial charge in [0.1, 0.15) is 11.6 Å². The van der Waals surface area contributed by atoms with Crippen molar-refractivity contribution < 1.29 is 4.79 Å². The molecule has 0 bridgehead atoms. The van der Waals surface area contributed by atoms with Gasteiger partial charge in [-0.15, -0.1) is 10.2 Å². The zero-order valence-corrected chi connectivity index (χ0v) is 16.2. The van der Waals surface area contributed by atoms with Crippen LogP contribution in [0.3, 0.4) is 0 Å². The highest BCUT2D eigenvalue weighted by Crippen LogP contribution is 2.30. The molecule has 1 aromatic heterocycles.